The van der Waals surface area contributed by atoms with Crippen LogP contribution in [0.15, 0.2) is 0 Å². The summed E-state index contributed by atoms with van der Waals surface area (Å²) in [6, 6.07) is 0.0252. The van der Waals surface area contributed by atoms with Crippen LogP contribution in [0, 0.1) is 5.41 Å². The Morgan fingerprint density at radius 2 is 1.90 bits per heavy atom. The van der Waals surface area contributed by atoms with Crippen molar-refractivity contribution in [3.63, 3.8) is 0 Å². The monoisotopic (exact) mass is 285 g/mol. The minimum Gasteiger partial charge on any atom is -0.481 e. The quantitative estimate of drug-likeness (QED) is 0.658. The zero-order chi connectivity index (χ0) is 15.2. The first-order valence-corrected chi connectivity index (χ1v) is 7.38. The fourth-order valence-electron chi connectivity index (χ4n) is 2.24. The fourth-order valence-corrected chi connectivity index (χ4v) is 2.24. The third kappa shape index (κ3) is 4.67. The zero-order valence-corrected chi connectivity index (χ0v) is 12.7. The molecule has 0 spiro atoms. The van der Waals surface area contributed by atoms with E-state index < -0.39 is 11.4 Å². The Hall–Kier alpha value is -1.30. The van der Waals surface area contributed by atoms with Gasteiger partial charge in [-0.3, -0.25) is 9.69 Å². The summed E-state index contributed by atoms with van der Waals surface area (Å²) in [5.74, 6) is -0.884. The lowest BCUT2D eigenvalue weighted by atomic mass is 9.88. The van der Waals surface area contributed by atoms with Crippen LogP contribution >= 0.6 is 0 Å². The van der Waals surface area contributed by atoms with E-state index in [4.69, 9.17) is 5.11 Å². The third-order valence-electron chi connectivity index (χ3n) is 4.26. The summed E-state index contributed by atoms with van der Waals surface area (Å²) in [6.07, 6.45) is 2.93. The number of carboxylic acids is 1. The van der Waals surface area contributed by atoms with Crippen molar-refractivity contribution in [3.05, 3.63) is 0 Å². The molecule has 0 bridgehead atoms. The maximum Gasteiger partial charge on any atom is 0.314 e. The Morgan fingerprint density at radius 3 is 2.40 bits per heavy atom. The van der Waals surface area contributed by atoms with Gasteiger partial charge in [0.15, 0.2) is 0 Å². The van der Waals surface area contributed by atoms with Crippen molar-refractivity contribution in [2.24, 2.45) is 5.41 Å². The summed E-state index contributed by atoms with van der Waals surface area (Å²) in [5, 5.41) is 14.6. The molecule has 1 aliphatic heterocycles. The Balaban J connectivity index is 2.27. The van der Waals surface area contributed by atoms with Crippen LogP contribution in [0.5, 0.6) is 0 Å². The summed E-state index contributed by atoms with van der Waals surface area (Å²) >= 11 is 0. The van der Waals surface area contributed by atoms with Crippen molar-refractivity contribution in [2.75, 3.05) is 26.2 Å². The first-order chi connectivity index (χ1) is 9.39. The molecule has 0 aromatic heterocycles. The molecule has 6 heteroatoms. The summed E-state index contributed by atoms with van der Waals surface area (Å²) in [4.78, 5) is 25.2. The van der Waals surface area contributed by atoms with E-state index in [1.807, 2.05) is 6.92 Å². The molecule has 0 aromatic rings. The van der Waals surface area contributed by atoms with E-state index >= 15 is 0 Å². The molecule has 0 aromatic carbocycles. The van der Waals surface area contributed by atoms with Gasteiger partial charge in [0.1, 0.15) is 0 Å². The van der Waals surface area contributed by atoms with Crippen LogP contribution in [-0.4, -0.2) is 54.2 Å². The van der Waals surface area contributed by atoms with Crippen LogP contribution in [0.2, 0.25) is 0 Å². The molecule has 1 rings (SSSR count). The topological polar surface area (TPSA) is 81.7 Å². The standard InChI is InChI=1S/C14H27N3O3/c1-4-14(3,12(18)19)10-16-13(20)15-9-11(2)17-7-5-6-8-17/h11H,4-10H2,1-3H3,(H,18,19)(H2,15,16,20). The number of urea groups is 1. The SMILES string of the molecule is CCC(C)(CNC(=O)NCC(C)N1CCCC1)C(=O)O. The molecule has 6 nitrogen and oxygen atoms in total. The highest BCUT2D eigenvalue weighted by molar-refractivity contribution is 5.77. The van der Waals surface area contributed by atoms with Crippen molar-refractivity contribution in [1.82, 2.24) is 15.5 Å². The normalized spacial score (nSPS) is 20.1. The lowest BCUT2D eigenvalue weighted by Crippen LogP contribution is -2.48. The predicted octanol–water partition coefficient (Wildman–Crippen LogP) is 1.27. The van der Waals surface area contributed by atoms with E-state index in [0.717, 1.165) is 13.1 Å². The summed E-state index contributed by atoms with van der Waals surface area (Å²) in [6.45, 7) is 8.46. The first kappa shape index (κ1) is 16.8. The molecule has 20 heavy (non-hydrogen) atoms. The van der Waals surface area contributed by atoms with Crippen LogP contribution in [-0.2, 0) is 4.79 Å². The van der Waals surface area contributed by atoms with Gasteiger partial charge >= 0.3 is 12.0 Å². The van der Waals surface area contributed by atoms with Gasteiger partial charge in [0.05, 0.1) is 5.41 Å². The number of amides is 2. The van der Waals surface area contributed by atoms with Gasteiger partial charge < -0.3 is 15.7 Å². The minimum atomic E-state index is -0.905. The highest BCUT2D eigenvalue weighted by atomic mass is 16.4. The van der Waals surface area contributed by atoms with Gasteiger partial charge in [0, 0.05) is 19.1 Å². The number of carboxylic acid groups (broad SMARTS) is 1. The number of carbonyl (C=O) groups excluding carboxylic acids is 1. The second kappa shape index (κ2) is 7.47. The van der Waals surface area contributed by atoms with Gasteiger partial charge in [-0.1, -0.05) is 6.92 Å². The lowest BCUT2D eigenvalue weighted by molar-refractivity contribution is -0.147. The van der Waals surface area contributed by atoms with Crippen LogP contribution in [0.4, 0.5) is 4.79 Å². The molecule has 116 valence electrons. The van der Waals surface area contributed by atoms with E-state index in [-0.39, 0.29) is 12.6 Å². The van der Waals surface area contributed by atoms with Gasteiger partial charge in [-0.15, -0.1) is 0 Å². The summed E-state index contributed by atoms with van der Waals surface area (Å²) in [7, 11) is 0. The Bertz CT molecular complexity index is 343. The lowest BCUT2D eigenvalue weighted by Gasteiger charge is -2.25. The van der Waals surface area contributed by atoms with Crippen molar-refractivity contribution >= 4 is 12.0 Å². The first-order valence-electron chi connectivity index (χ1n) is 7.38. The van der Waals surface area contributed by atoms with E-state index in [1.54, 1.807) is 6.92 Å². The molecule has 0 aliphatic carbocycles. The molecule has 1 heterocycles. The maximum absolute atomic E-state index is 11.7. The van der Waals surface area contributed by atoms with E-state index in [0.29, 0.717) is 19.0 Å². The van der Waals surface area contributed by atoms with Gasteiger partial charge in [-0.25, -0.2) is 4.79 Å². The largest absolute Gasteiger partial charge is 0.481 e. The molecular weight excluding hydrogens is 258 g/mol. The number of aliphatic carboxylic acids is 1. The average molecular weight is 285 g/mol. The average Bonchev–Trinajstić information content (AvgIpc) is 2.95. The number of rotatable bonds is 7. The number of hydrogen-bond acceptors (Lipinski definition) is 3. The number of hydrogen-bond donors (Lipinski definition) is 3. The fraction of sp³-hybridized carbons (Fsp3) is 0.857. The van der Waals surface area contributed by atoms with Crippen LogP contribution in [0.25, 0.3) is 0 Å². The molecule has 1 fully saturated rings. The van der Waals surface area contributed by atoms with Gasteiger partial charge in [-0.05, 0) is 46.2 Å². The smallest absolute Gasteiger partial charge is 0.314 e. The summed E-state index contributed by atoms with van der Waals surface area (Å²) in [5.41, 5.74) is -0.905. The van der Waals surface area contributed by atoms with Crippen molar-refractivity contribution < 1.29 is 14.7 Å². The third-order valence-corrected chi connectivity index (χ3v) is 4.26. The minimum absolute atomic E-state index is 0.142. The van der Waals surface area contributed by atoms with Gasteiger partial charge in [0.25, 0.3) is 0 Å². The molecule has 0 saturated carbocycles. The van der Waals surface area contributed by atoms with E-state index in [9.17, 15) is 9.59 Å². The van der Waals surface area contributed by atoms with Gasteiger partial charge in [-0.2, -0.15) is 0 Å². The molecule has 0 radical (unpaired) electrons. The number of nitrogens with one attached hydrogen (secondary N) is 2. The van der Waals surface area contributed by atoms with E-state index in [1.165, 1.54) is 12.8 Å². The second-order valence-electron chi connectivity index (χ2n) is 5.88. The van der Waals surface area contributed by atoms with Crippen LogP contribution in [0.3, 0.4) is 0 Å². The molecule has 1 saturated heterocycles. The Morgan fingerprint density at radius 1 is 1.30 bits per heavy atom. The zero-order valence-electron chi connectivity index (χ0n) is 12.7. The van der Waals surface area contributed by atoms with Crippen molar-refractivity contribution in [2.45, 2.75) is 46.1 Å². The van der Waals surface area contributed by atoms with E-state index in [2.05, 4.69) is 22.5 Å². The number of nitrogens with zero attached hydrogens (tertiary/aromatic N) is 1. The van der Waals surface area contributed by atoms with Crippen LogP contribution < -0.4 is 10.6 Å². The Labute approximate surface area is 120 Å². The predicted molar refractivity (Wildman–Crippen MR) is 77.7 cm³/mol. The highest BCUT2D eigenvalue weighted by Gasteiger charge is 2.31. The molecule has 1 aliphatic rings. The Kier molecular flexibility index (Phi) is 6.26. The molecule has 3 N–H and O–H groups in total. The van der Waals surface area contributed by atoms with Crippen molar-refractivity contribution in [3.8, 4) is 0 Å². The maximum atomic E-state index is 11.7. The summed E-state index contributed by atoms with van der Waals surface area (Å²) < 4.78 is 0. The number of carbonyl (C=O) groups is 2. The molecule has 2 atom stereocenters. The van der Waals surface area contributed by atoms with Gasteiger partial charge in [0.2, 0.25) is 0 Å². The van der Waals surface area contributed by atoms with Crippen LogP contribution in [0.1, 0.15) is 40.0 Å². The molecular formula is C14H27N3O3. The highest BCUT2D eigenvalue weighted by Crippen LogP contribution is 2.19. The van der Waals surface area contributed by atoms with Crippen molar-refractivity contribution in [1.29, 1.82) is 0 Å². The molecule has 2 amide bonds. The number of likely N-dealkylation sites (tertiary alicyclic amines) is 1. The molecule has 2 unspecified atom stereocenters. The second-order valence-corrected chi connectivity index (χ2v) is 5.88.